The second kappa shape index (κ2) is 20.5. The minimum atomic E-state index is 0. The van der Waals surface area contributed by atoms with Crippen LogP contribution in [-0.4, -0.2) is 11.7 Å². The Hall–Kier alpha value is 0.920. The normalized spacial score (nSPS) is 3.60. The topological polar surface area (TPSA) is 55.2 Å². The van der Waals surface area contributed by atoms with Crippen LogP contribution in [0.25, 0.3) is 0 Å². The summed E-state index contributed by atoms with van der Waals surface area (Å²) in [5, 5.41) is 7.57. The Kier molecular flexibility index (Phi) is 68.9. The van der Waals surface area contributed by atoms with Crippen molar-refractivity contribution in [2.75, 3.05) is 6.61 Å². The predicted molar refractivity (Wildman–Crippen MR) is 18.9 cm³/mol. The molecule has 0 aliphatic rings. The Morgan fingerprint density at radius 2 is 1.80 bits per heavy atom. The van der Waals surface area contributed by atoms with Gasteiger partial charge in [-0.05, 0) is 6.92 Å². The average Bonchev–Trinajstić information content (AvgIpc) is 0.918. The molecule has 0 amide bonds. The van der Waals surface area contributed by atoms with Gasteiger partial charge in [0.2, 0.25) is 0 Å². The van der Waals surface area contributed by atoms with Crippen molar-refractivity contribution < 1.29 is 36.1 Å². The second-order valence-corrected chi connectivity index (χ2v) is 0.316. The molecule has 0 rings (SSSR count). The summed E-state index contributed by atoms with van der Waals surface area (Å²) in [6, 6.07) is 0. The third-order valence-electron chi connectivity index (χ3n) is 0. The minimum Gasteiger partial charge on any atom is -1.00 e. The van der Waals surface area contributed by atoms with Crippen molar-refractivity contribution in [3.05, 3.63) is 0 Å². The monoisotopic (exact) mass is 87.1 g/mol. The van der Waals surface area contributed by atoms with Crippen LogP contribution < -0.4 is 35.7 Å². The third-order valence-corrected chi connectivity index (χ3v) is 0. The Morgan fingerprint density at radius 3 is 1.80 bits per heavy atom. The van der Waals surface area contributed by atoms with Crippen molar-refractivity contribution in [1.29, 1.82) is 0 Å². The SMILES string of the molecule is CCO.N.[H-].[Na+]. The molecule has 0 unspecified atom stereocenters. The minimum absolute atomic E-state index is 0. The maximum Gasteiger partial charge on any atom is 1.00 e. The number of aliphatic hydroxyl groups is 1. The number of rotatable bonds is 0. The van der Waals surface area contributed by atoms with E-state index in [0.717, 1.165) is 0 Å². The van der Waals surface area contributed by atoms with Crippen LogP contribution in [0.15, 0.2) is 0 Å². The van der Waals surface area contributed by atoms with Gasteiger partial charge in [-0.25, -0.2) is 0 Å². The summed E-state index contributed by atoms with van der Waals surface area (Å²) in [5.74, 6) is 0. The second-order valence-electron chi connectivity index (χ2n) is 0.316. The first-order valence-corrected chi connectivity index (χ1v) is 1.02. The van der Waals surface area contributed by atoms with Gasteiger partial charge in [0.1, 0.15) is 0 Å². The van der Waals surface area contributed by atoms with Gasteiger partial charge in [0.15, 0.2) is 0 Å². The summed E-state index contributed by atoms with van der Waals surface area (Å²) >= 11 is 0. The molecule has 0 aliphatic heterocycles. The van der Waals surface area contributed by atoms with E-state index >= 15 is 0 Å². The zero-order valence-corrected chi connectivity index (χ0v) is 5.86. The molecule has 0 radical (unpaired) electrons. The maximum absolute atomic E-state index is 7.57. The van der Waals surface area contributed by atoms with Crippen LogP contribution >= 0.6 is 0 Å². The molecule has 5 heavy (non-hydrogen) atoms. The predicted octanol–water partition coefficient (Wildman–Crippen LogP) is -2.72. The molecule has 2 nitrogen and oxygen atoms in total. The molecular formula is C2H10NNaO. The van der Waals surface area contributed by atoms with E-state index < -0.39 is 0 Å². The average molecular weight is 87.1 g/mol. The molecular weight excluding hydrogens is 77.0 g/mol. The summed E-state index contributed by atoms with van der Waals surface area (Å²) in [6.45, 7) is 1.93. The third kappa shape index (κ3) is 49.6. The molecule has 4 N–H and O–H groups in total. The molecule has 0 heterocycles. The van der Waals surface area contributed by atoms with Crippen LogP contribution in [0.4, 0.5) is 0 Å². The van der Waals surface area contributed by atoms with E-state index in [-0.39, 0.29) is 43.7 Å². The van der Waals surface area contributed by atoms with Gasteiger partial charge >= 0.3 is 29.6 Å². The van der Waals surface area contributed by atoms with E-state index in [1.807, 2.05) is 0 Å². The van der Waals surface area contributed by atoms with Crippen LogP contribution in [0.3, 0.4) is 0 Å². The maximum atomic E-state index is 7.57. The molecule has 0 aromatic heterocycles. The quantitative estimate of drug-likeness (QED) is 0.315. The van der Waals surface area contributed by atoms with Crippen LogP contribution in [0.2, 0.25) is 0 Å². The fourth-order valence-corrected chi connectivity index (χ4v) is 0. The van der Waals surface area contributed by atoms with E-state index in [1.165, 1.54) is 0 Å². The molecule has 0 atom stereocenters. The van der Waals surface area contributed by atoms with Gasteiger partial charge in [-0.3, -0.25) is 0 Å². The van der Waals surface area contributed by atoms with Crippen LogP contribution in [-0.2, 0) is 0 Å². The van der Waals surface area contributed by atoms with Gasteiger partial charge in [-0.1, -0.05) is 0 Å². The van der Waals surface area contributed by atoms with Gasteiger partial charge in [0.25, 0.3) is 0 Å². The standard InChI is InChI=1S/C2H6O.H3N.Na.H/c1-2-3;;;/h3H,2H2,1H3;1H3;;/q;;+1;-1. The Morgan fingerprint density at radius 1 is 1.80 bits per heavy atom. The van der Waals surface area contributed by atoms with E-state index in [9.17, 15) is 0 Å². The summed E-state index contributed by atoms with van der Waals surface area (Å²) < 4.78 is 0. The summed E-state index contributed by atoms with van der Waals surface area (Å²) in [5.41, 5.74) is 0. The molecule has 0 aromatic rings. The number of aliphatic hydroxyl groups excluding tert-OH is 1. The molecule has 0 aliphatic carbocycles. The first kappa shape index (κ1) is 16.8. The number of hydrogen-bond acceptors (Lipinski definition) is 2. The molecule has 0 bridgehead atoms. The zero-order chi connectivity index (χ0) is 2.71. The van der Waals surface area contributed by atoms with Crippen molar-refractivity contribution in [3.8, 4) is 0 Å². The van der Waals surface area contributed by atoms with Gasteiger partial charge in [-0.15, -0.1) is 0 Å². The Labute approximate surface area is 55.9 Å². The van der Waals surface area contributed by atoms with Gasteiger partial charge < -0.3 is 12.7 Å². The Bertz CT molecular complexity index is 13.5. The molecule has 30 valence electrons. The molecule has 0 saturated carbocycles. The van der Waals surface area contributed by atoms with E-state index in [1.54, 1.807) is 6.92 Å². The first-order valence-electron chi connectivity index (χ1n) is 1.02. The fourth-order valence-electron chi connectivity index (χ4n) is 0. The summed E-state index contributed by atoms with van der Waals surface area (Å²) in [4.78, 5) is 0. The summed E-state index contributed by atoms with van der Waals surface area (Å²) in [7, 11) is 0. The first-order chi connectivity index (χ1) is 1.41. The van der Waals surface area contributed by atoms with Crippen LogP contribution in [0.5, 0.6) is 0 Å². The van der Waals surface area contributed by atoms with Gasteiger partial charge in [-0.2, -0.15) is 0 Å². The van der Waals surface area contributed by atoms with Crippen molar-refractivity contribution in [3.63, 3.8) is 0 Å². The molecule has 0 fully saturated rings. The van der Waals surface area contributed by atoms with Gasteiger partial charge in [0.05, 0.1) is 0 Å². The number of hydrogen-bond donors (Lipinski definition) is 2. The zero-order valence-electron chi connectivity index (χ0n) is 4.86. The van der Waals surface area contributed by atoms with Crippen molar-refractivity contribution in [1.82, 2.24) is 6.15 Å². The Balaban J connectivity index is -0.00000000667. The van der Waals surface area contributed by atoms with Crippen LogP contribution in [0.1, 0.15) is 8.35 Å². The molecule has 0 aromatic carbocycles. The van der Waals surface area contributed by atoms with Crippen LogP contribution in [0, 0.1) is 0 Å². The van der Waals surface area contributed by atoms with Gasteiger partial charge in [0, 0.05) is 6.61 Å². The largest absolute Gasteiger partial charge is 1.00 e. The van der Waals surface area contributed by atoms with Crippen molar-refractivity contribution >= 4 is 0 Å². The molecule has 0 spiro atoms. The van der Waals surface area contributed by atoms with E-state index in [2.05, 4.69) is 0 Å². The molecule has 3 heteroatoms. The summed E-state index contributed by atoms with van der Waals surface area (Å²) in [6.07, 6.45) is 0. The fraction of sp³-hybridized carbons (Fsp3) is 1.00. The van der Waals surface area contributed by atoms with Crippen molar-refractivity contribution in [2.24, 2.45) is 0 Å². The smallest absolute Gasteiger partial charge is 1.00 e. The van der Waals surface area contributed by atoms with E-state index in [0.29, 0.717) is 0 Å². The van der Waals surface area contributed by atoms with E-state index in [4.69, 9.17) is 5.11 Å². The van der Waals surface area contributed by atoms with Crippen molar-refractivity contribution in [2.45, 2.75) is 6.92 Å². The molecule has 0 saturated heterocycles.